The fourth-order valence-corrected chi connectivity index (χ4v) is 4.50. The first kappa shape index (κ1) is 31.3. The van der Waals surface area contributed by atoms with Gasteiger partial charge in [-0.3, -0.25) is 19.2 Å². The minimum atomic E-state index is -0.437. The second-order valence-corrected chi connectivity index (χ2v) is 10.3. The number of hydrogen-bond acceptors (Lipinski definition) is 4. The van der Waals surface area contributed by atoms with Gasteiger partial charge in [-0.15, -0.1) is 0 Å². The number of carbonyl (C=O) groups excluding carboxylic acids is 4. The van der Waals surface area contributed by atoms with E-state index in [1.54, 1.807) is 31.2 Å². The Labute approximate surface area is 257 Å². The molecule has 44 heavy (non-hydrogen) atoms. The molecule has 0 aromatic heterocycles. The molecule has 0 saturated carbocycles. The second-order valence-electron chi connectivity index (χ2n) is 10.3. The van der Waals surface area contributed by atoms with Crippen LogP contribution in [0.25, 0.3) is 22.3 Å². The lowest BCUT2D eigenvalue weighted by molar-refractivity contribution is 0.0951. The van der Waals surface area contributed by atoms with Gasteiger partial charge in [0.2, 0.25) is 5.91 Å². The minimum Gasteiger partial charge on any atom is -0.366 e. The van der Waals surface area contributed by atoms with Crippen molar-refractivity contribution in [3.8, 4) is 22.3 Å². The van der Waals surface area contributed by atoms with Crippen molar-refractivity contribution in [3.05, 3.63) is 155 Å². The molecule has 0 saturated heterocycles. The molecule has 2 amide bonds. The van der Waals surface area contributed by atoms with E-state index < -0.39 is 5.91 Å². The normalized spacial score (nSPS) is 10.2. The fraction of sp³-hybridized carbons (Fsp3) is 0.105. The molecule has 220 valence electrons. The maximum Gasteiger partial charge on any atom is 0.251 e. The largest absolute Gasteiger partial charge is 0.366 e. The smallest absolute Gasteiger partial charge is 0.251 e. The highest BCUT2D eigenvalue weighted by molar-refractivity contribution is 5.96. The summed E-state index contributed by atoms with van der Waals surface area (Å²) in [5, 5.41) is 2.95. The number of carbonyl (C=O) groups is 4. The van der Waals surface area contributed by atoms with Crippen molar-refractivity contribution < 1.29 is 19.2 Å². The molecule has 5 aromatic rings. The molecular formula is C38H34N2O4. The van der Waals surface area contributed by atoms with Crippen molar-refractivity contribution in [1.29, 1.82) is 0 Å². The summed E-state index contributed by atoms with van der Waals surface area (Å²) >= 11 is 0. The highest BCUT2D eigenvalue weighted by atomic mass is 16.2. The van der Waals surface area contributed by atoms with Crippen molar-refractivity contribution >= 4 is 23.4 Å². The molecular weight excluding hydrogens is 548 g/mol. The fourth-order valence-electron chi connectivity index (χ4n) is 4.50. The van der Waals surface area contributed by atoms with Crippen molar-refractivity contribution in [3.63, 3.8) is 0 Å². The molecule has 0 unspecified atom stereocenters. The van der Waals surface area contributed by atoms with Crippen LogP contribution in [0.2, 0.25) is 0 Å². The quantitative estimate of drug-likeness (QED) is 0.180. The zero-order chi connectivity index (χ0) is 31.5. The summed E-state index contributed by atoms with van der Waals surface area (Å²) in [6.07, 6.45) is 0.813. The summed E-state index contributed by atoms with van der Waals surface area (Å²) in [4.78, 5) is 45.7. The SMILES string of the molecule is CC(=O)c1ccc(-c2ccc(C(=O)NCCc3ccccc3)cc2)cc1.CC(=O)c1ccc(-c2ccc(C(N)=O)cc2)cc1. The Bertz CT molecular complexity index is 1670. The highest BCUT2D eigenvalue weighted by Gasteiger charge is 2.07. The van der Waals surface area contributed by atoms with Gasteiger partial charge >= 0.3 is 0 Å². The van der Waals surface area contributed by atoms with Crippen LogP contribution in [0.4, 0.5) is 0 Å². The zero-order valence-electron chi connectivity index (χ0n) is 24.7. The van der Waals surface area contributed by atoms with Gasteiger partial charge in [-0.1, -0.05) is 103 Å². The van der Waals surface area contributed by atoms with Gasteiger partial charge in [-0.25, -0.2) is 0 Å². The summed E-state index contributed by atoms with van der Waals surface area (Å²) < 4.78 is 0. The first-order valence-electron chi connectivity index (χ1n) is 14.3. The molecule has 0 spiro atoms. The third-order valence-corrected chi connectivity index (χ3v) is 7.11. The van der Waals surface area contributed by atoms with Crippen LogP contribution < -0.4 is 11.1 Å². The number of benzene rings is 5. The molecule has 0 radical (unpaired) electrons. The number of hydrogen-bond donors (Lipinski definition) is 2. The highest BCUT2D eigenvalue weighted by Crippen LogP contribution is 2.22. The maximum atomic E-state index is 12.3. The van der Waals surface area contributed by atoms with Gasteiger partial charge in [0.15, 0.2) is 11.6 Å². The van der Waals surface area contributed by atoms with Crippen LogP contribution in [0, 0.1) is 0 Å². The Morgan fingerprint density at radius 1 is 0.500 bits per heavy atom. The predicted octanol–water partition coefficient (Wildman–Crippen LogP) is 7.18. The first-order chi connectivity index (χ1) is 21.2. The van der Waals surface area contributed by atoms with Crippen LogP contribution in [-0.4, -0.2) is 29.9 Å². The number of nitrogens with one attached hydrogen (secondary N) is 1. The summed E-state index contributed by atoms with van der Waals surface area (Å²) in [6, 6.07) is 39.5. The van der Waals surface area contributed by atoms with E-state index in [-0.39, 0.29) is 17.5 Å². The van der Waals surface area contributed by atoms with Crippen molar-refractivity contribution in [2.24, 2.45) is 5.73 Å². The summed E-state index contributed by atoms with van der Waals surface area (Å²) in [5.74, 6) is -0.405. The van der Waals surface area contributed by atoms with Crippen molar-refractivity contribution in [2.75, 3.05) is 6.54 Å². The summed E-state index contributed by atoms with van der Waals surface area (Å²) in [5.41, 5.74) is 12.9. The topological polar surface area (TPSA) is 106 Å². The molecule has 5 rings (SSSR count). The van der Waals surface area contributed by atoms with Crippen LogP contribution in [0.15, 0.2) is 127 Å². The van der Waals surface area contributed by atoms with Gasteiger partial charge in [0.05, 0.1) is 0 Å². The number of ketones is 2. The van der Waals surface area contributed by atoms with E-state index in [9.17, 15) is 19.2 Å². The lowest BCUT2D eigenvalue weighted by atomic mass is 10.0. The molecule has 0 aliphatic rings. The Kier molecular flexibility index (Phi) is 10.7. The van der Waals surface area contributed by atoms with Crippen LogP contribution in [-0.2, 0) is 6.42 Å². The number of rotatable bonds is 9. The molecule has 3 N–H and O–H groups in total. The van der Waals surface area contributed by atoms with Crippen LogP contribution in [0.5, 0.6) is 0 Å². The van der Waals surface area contributed by atoms with E-state index in [2.05, 4.69) is 17.4 Å². The van der Waals surface area contributed by atoms with Gasteiger partial charge in [-0.05, 0) is 72.4 Å². The zero-order valence-corrected chi connectivity index (χ0v) is 24.7. The Hall–Kier alpha value is -5.62. The monoisotopic (exact) mass is 582 g/mol. The van der Waals surface area contributed by atoms with Crippen molar-refractivity contribution in [2.45, 2.75) is 20.3 Å². The van der Waals surface area contributed by atoms with Crippen LogP contribution in [0.3, 0.4) is 0 Å². The van der Waals surface area contributed by atoms with Gasteiger partial charge < -0.3 is 11.1 Å². The number of primary amides is 1. The van der Waals surface area contributed by atoms with Crippen molar-refractivity contribution in [1.82, 2.24) is 5.32 Å². The van der Waals surface area contributed by atoms with E-state index in [1.807, 2.05) is 91.0 Å². The van der Waals surface area contributed by atoms with Crippen LogP contribution in [0.1, 0.15) is 60.8 Å². The molecule has 0 fully saturated rings. The molecule has 0 heterocycles. The molecule has 0 bridgehead atoms. The lowest BCUT2D eigenvalue weighted by Gasteiger charge is -2.07. The molecule has 0 atom stereocenters. The standard InChI is InChI=1S/C23H21NO2.C15H13NO2/c1-17(25)19-7-9-20(10-8-19)21-11-13-22(14-12-21)23(26)24-16-15-18-5-3-2-4-6-18;1-10(17)11-2-4-12(5-3-11)13-6-8-14(9-7-13)15(16)18/h2-14H,15-16H2,1H3,(H,24,26);2-9H,1H3,(H2,16,18). The Morgan fingerprint density at radius 3 is 1.23 bits per heavy atom. The van der Waals surface area contributed by atoms with Gasteiger partial charge in [0.25, 0.3) is 5.91 Å². The Balaban J connectivity index is 0.000000215. The molecule has 6 heteroatoms. The molecule has 5 aromatic carbocycles. The van der Waals surface area contributed by atoms with Gasteiger partial charge in [0, 0.05) is 28.8 Å². The number of nitrogens with two attached hydrogens (primary N) is 1. The maximum absolute atomic E-state index is 12.3. The summed E-state index contributed by atoms with van der Waals surface area (Å²) in [6.45, 7) is 3.70. The lowest BCUT2D eigenvalue weighted by Crippen LogP contribution is -2.25. The van der Waals surface area contributed by atoms with E-state index in [0.717, 1.165) is 28.7 Å². The Morgan fingerprint density at radius 2 is 0.864 bits per heavy atom. The third kappa shape index (κ3) is 8.69. The minimum absolute atomic E-state index is 0.0469. The molecule has 6 nitrogen and oxygen atoms in total. The average molecular weight is 583 g/mol. The molecule has 0 aliphatic heterocycles. The second kappa shape index (κ2) is 15.0. The van der Waals surface area contributed by atoms with E-state index in [1.165, 1.54) is 12.5 Å². The van der Waals surface area contributed by atoms with E-state index in [4.69, 9.17) is 5.73 Å². The predicted molar refractivity (Wildman–Crippen MR) is 175 cm³/mol. The number of Topliss-reactive ketones (excluding diaryl/α,β-unsaturated/α-hetero) is 2. The third-order valence-electron chi connectivity index (χ3n) is 7.11. The average Bonchev–Trinajstić information content (AvgIpc) is 3.05. The summed E-state index contributed by atoms with van der Waals surface area (Å²) in [7, 11) is 0. The van der Waals surface area contributed by atoms with Gasteiger partial charge in [0.1, 0.15) is 0 Å². The van der Waals surface area contributed by atoms with Crippen LogP contribution >= 0.6 is 0 Å². The first-order valence-corrected chi connectivity index (χ1v) is 14.3. The van der Waals surface area contributed by atoms with Gasteiger partial charge in [-0.2, -0.15) is 0 Å². The van der Waals surface area contributed by atoms with E-state index in [0.29, 0.717) is 28.8 Å². The molecule has 0 aliphatic carbocycles. The van der Waals surface area contributed by atoms with E-state index >= 15 is 0 Å². The number of amides is 2.